The average molecular weight is 394 g/mol. The van der Waals surface area contributed by atoms with Gasteiger partial charge >= 0.3 is 5.97 Å². The lowest BCUT2D eigenvalue weighted by molar-refractivity contribution is -0.385. The van der Waals surface area contributed by atoms with E-state index in [0.29, 0.717) is 17.4 Å². The first-order valence-corrected chi connectivity index (χ1v) is 9.27. The zero-order chi connectivity index (χ0) is 16.9. The van der Waals surface area contributed by atoms with E-state index in [0.717, 1.165) is 32.1 Å². The fourth-order valence-corrected chi connectivity index (χ4v) is 6.95. The lowest BCUT2D eigenvalue weighted by atomic mass is 9.49. The molecule has 0 N–H and O–H groups in total. The first-order valence-electron chi connectivity index (χ1n) is 8.48. The van der Waals surface area contributed by atoms with E-state index in [2.05, 4.69) is 15.9 Å². The Hall–Kier alpha value is -1.43. The molecule has 4 aliphatic carbocycles. The molecule has 6 heteroatoms. The molecule has 5 nitrogen and oxygen atoms in total. The quantitative estimate of drug-likeness (QED) is 0.329. The van der Waals surface area contributed by atoms with E-state index < -0.39 is 10.3 Å². The third-order valence-electron chi connectivity index (χ3n) is 5.97. The predicted octanol–water partition coefficient (Wildman–Crippen LogP) is 4.37. The second-order valence-corrected chi connectivity index (χ2v) is 9.54. The van der Waals surface area contributed by atoms with Gasteiger partial charge in [0.05, 0.1) is 15.9 Å². The highest BCUT2D eigenvalue weighted by molar-refractivity contribution is 9.10. The van der Waals surface area contributed by atoms with Crippen molar-refractivity contribution in [2.24, 2.45) is 17.3 Å². The van der Waals surface area contributed by atoms with Crippen molar-refractivity contribution in [1.29, 1.82) is 0 Å². The van der Waals surface area contributed by atoms with E-state index in [1.165, 1.54) is 12.5 Å². The maximum Gasteiger partial charge on any atom is 0.312 e. The van der Waals surface area contributed by atoms with Gasteiger partial charge in [0.25, 0.3) is 5.69 Å². The first kappa shape index (κ1) is 16.1. The summed E-state index contributed by atoms with van der Waals surface area (Å²) in [5.74, 6) is 1.03. The first-order chi connectivity index (χ1) is 11.4. The normalized spacial score (nSPS) is 36.5. The van der Waals surface area contributed by atoms with Crippen LogP contribution in [-0.4, -0.2) is 15.2 Å². The lowest BCUT2D eigenvalue weighted by Crippen LogP contribution is -2.56. The van der Waals surface area contributed by atoms with Gasteiger partial charge in [-0.1, -0.05) is 28.1 Å². The number of para-hydroxylation sites is 1. The minimum atomic E-state index is -0.429. The number of benzene rings is 1. The van der Waals surface area contributed by atoms with Crippen LogP contribution in [0.2, 0.25) is 0 Å². The Labute approximate surface area is 149 Å². The van der Waals surface area contributed by atoms with Crippen LogP contribution in [0.4, 0.5) is 5.69 Å². The number of nitro benzene ring substituents is 1. The highest BCUT2D eigenvalue weighted by Crippen LogP contribution is 2.64. The number of hydrogen-bond donors (Lipinski definition) is 0. The lowest BCUT2D eigenvalue weighted by Gasteiger charge is -2.58. The van der Waals surface area contributed by atoms with E-state index in [9.17, 15) is 14.9 Å². The number of carbonyl (C=O) groups is 1. The number of ether oxygens (including phenoxy) is 1. The number of halogens is 1. The van der Waals surface area contributed by atoms with Crippen LogP contribution in [0.3, 0.4) is 0 Å². The van der Waals surface area contributed by atoms with Gasteiger partial charge in [-0.2, -0.15) is 0 Å². The summed E-state index contributed by atoms with van der Waals surface area (Å²) < 4.78 is 5.68. The number of carbonyl (C=O) groups excluding carboxylic acids is 1. The second kappa shape index (κ2) is 5.55. The Morgan fingerprint density at radius 2 is 1.92 bits per heavy atom. The molecule has 0 radical (unpaired) electrons. The van der Waals surface area contributed by atoms with Gasteiger partial charge in [-0.25, -0.2) is 0 Å². The van der Waals surface area contributed by atoms with Crippen molar-refractivity contribution in [3.8, 4) is 0 Å². The monoisotopic (exact) mass is 393 g/mol. The van der Waals surface area contributed by atoms with Crippen molar-refractivity contribution in [2.45, 2.75) is 49.5 Å². The van der Waals surface area contributed by atoms with Gasteiger partial charge in [-0.3, -0.25) is 14.9 Å². The van der Waals surface area contributed by atoms with Gasteiger partial charge < -0.3 is 4.74 Å². The summed E-state index contributed by atoms with van der Waals surface area (Å²) >= 11 is 3.89. The van der Waals surface area contributed by atoms with Crippen LogP contribution in [0.1, 0.15) is 44.1 Å². The highest BCUT2D eigenvalue weighted by atomic mass is 79.9. The molecule has 0 aliphatic heterocycles. The summed E-state index contributed by atoms with van der Waals surface area (Å²) in [5.41, 5.74) is 0.0684. The smallest absolute Gasteiger partial charge is 0.312 e. The van der Waals surface area contributed by atoms with Crippen LogP contribution in [0, 0.1) is 27.4 Å². The summed E-state index contributed by atoms with van der Waals surface area (Å²) in [5, 5.41) is 11.1. The van der Waals surface area contributed by atoms with Crippen molar-refractivity contribution in [2.75, 3.05) is 0 Å². The molecular weight excluding hydrogens is 374 g/mol. The van der Waals surface area contributed by atoms with Crippen LogP contribution >= 0.6 is 15.9 Å². The Kier molecular flexibility index (Phi) is 3.71. The molecule has 5 rings (SSSR count). The van der Waals surface area contributed by atoms with Crippen LogP contribution in [-0.2, 0) is 16.1 Å². The molecule has 0 spiro atoms. The predicted molar refractivity (Wildman–Crippen MR) is 91.7 cm³/mol. The average Bonchev–Trinajstić information content (AvgIpc) is 2.50. The third-order valence-corrected chi connectivity index (χ3v) is 6.90. The van der Waals surface area contributed by atoms with Crippen molar-refractivity contribution in [3.63, 3.8) is 0 Å². The summed E-state index contributed by atoms with van der Waals surface area (Å²) in [6.07, 6.45) is 6.19. The number of alkyl halides is 1. The van der Waals surface area contributed by atoms with Crippen molar-refractivity contribution in [1.82, 2.24) is 0 Å². The Bertz CT molecular complexity index is 690. The molecule has 0 amide bonds. The minimum Gasteiger partial charge on any atom is -0.460 e. The summed E-state index contributed by atoms with van der Waals surface area (Å²) in [7, 11) is 0. The van der Waals surface area contributed by atoms with E-state index >= 15 is 0 Å². The third kappa shape index (κ3) is 2.65. The molecule has 2 unspecified atom stereocenters. The summed E-state index contributed by atoms with van der Waals surface area (Å²) in [6, 6.07) is 6.45. The standard InChI is InChI=1S/C18H20BrNO4/c19-18-8-12-5-13(9-18)7-17(6-12,11-18)16(21)24-10-14-3-1-2-4-15(14)20(22)23/h1-4,12-13H,5-11H2. The maximum atomic E-state index is 12.9. The maximum absolute atomic E-state index is 12.9. The molecule has 1 aromatic rings. The number of rotatable bonds is 4. The minimum absolute atomic E-state index is 0.00720. The molecule has 4 aliphatic rings. The molecule has 0 aromatic heterocycles. The second-order valence-electron chi connectivity index (χ2n) is 7.85. The van der Waals surface area contributed by atoms with Gasteiger partial charge in [0.2, 0.25) is 0 Å². The van der Waals surface area contributed by atoms with Gasteiger partial charge in [0.1, 0.15) is 6.61 Å². The Morgan fingerprint density at radius 1 is 1.25 bits per heavy atom. The van der Waals surface area contributed by atoms with Gasteiger partial charge in [-0.05, 0) is 56.4 Å². The van der Waals surface area contributed by atoms with Gasteiger partial charge in [0, 0.05) is 10.4 Å². The van der Waals surface area contributed by atoms with E-state index in [1.807, 2.05) is 0 Å². The molecule has 4 saturated carbocycles. The molecule has 2 atom stereocenters. The van der Waals surface area contributed by atoms with E-state index in [4.69, 9.17) is 4.74 Å². The molecule has 128 valence electrons. The van der Waals surface area contributed by atoms with Crippen LogP contribution in [0.5, 0.6) is 0 Å². The number of esters is 1. The zero-order valence-electron chi connectivity index (χ0n) is 13.4. The van der Waals surface area contributed by atoms with Crippen LogP contribution < -0.4 is 0 Å². The Morgan fingerprint density at radius 3 is 2.54 bits per heavy atom. The van der Waals surface area contributed by atoms with Crippen molar-refractivity contribution < 1.29 is 14.5 Å². The van der Waals surface area contributed by atoms with E-state index in [-0.39, 0.29) is 22.6 Å². The molecule has 1 aromatic carbocycles. The van der Waals surface area contributed by atoms with Gasteiger partial charge in [-0.15, -0.1) is 0 Å². The van der Waals surface area contributed by atoms with Crippen LogP contribution in [0.25, 0.3) is 0 Å². The molecule has 24 heavy (non-hydrogen) atoms. The fraction of sp³-hybridized carbons (Fsp3) is 0.611. The molecule has 4 bridgehead atoms. The highest BCUT2D eigenvalue weighted by Gasteiger charge is 2.60. The number of hydrogen-bond acceptors (Lipinski definition) is 4. The SMILES string of the molecule is O=C(OCc1ccccc1[N+](=O)[O-])C12CC3CC(CC(Br)(C3)C1)C2. The topological polar surface area (TPSA) is 69.4 Å². The largest absolute Gasteiger partial charge is 0.460 e. The molecular formula is C18H20BrNO4. The fourth-order valence-electron chi connectivity index (χ4n) is 5.50. The van der Waals surface area contributed by atoms with Gasteiger partial charge in [0.15, 0.2) is 0 Å². The zero-order valence-corrected chi connectivity index (χ0v) is 15.0. The van der Waals surface area contributed by atoms with Crippen molar-refractivity contribution in [3.05, 3.63) is 39.9 Å². The van der Waals surface area contributed by atoms with Crippen molar-refractivity contribution >= 4 is 27.6 Å². The number of nitrogens with zero attached hydrogens (tertiary/aromatic N) is 1. The number of nitro groups is 1. The van der Waals surface area contributed by atoms with Crippen LogP contribution in [0.15, 0.2) is 24.3 Å². The van der Waals surface area contributed by atoms with E-state index in [1.54, 1.807) is 18.2 Å². The molecule has 0 saturated heterocycles. The molecule has 4 fully saturated rings. The Balaban J connectivity index is 1.50. The summed E-state index contributed by atoms with van der Waals surface area (Å²) in [4.78, 5) is 23.5. The summed E-state index contributed by atoms with van der Waals surface area (Å²) in [6.45, 7) is -0.0254. The molecule has 0 heterocycles.